The van der Waals surface area contributed by atoms with Gasteiger partial charge >= 0.3 is 0 Å². The molecule has 1 unspecified atom stereocenters. The van der Waals surface area contributed by atoms with E-state index in [-0.39, 0.29) is 17.9 Å². The van der Waals surface area contributed by atoms with Crippen LogP contribution in [0.5, 0.6) is 0 Å². The third kappa shape index (κ3) is 2.43. The van der Waals surface area contributed by atoms with Gasteiger partial charge in [0, 0.05) is 20.0 Å². The lowest BCUT2D eigenvalue weighted by Gasteiger charge is -2.12. The fraction of sp³-hybridized carbons (Fsp3) is 0.667. The number of nitrogens with one attached hydrogen (secondary N) is 1. The lowest BCUT2D eigenvalue weighted by molar-refractivity contribution is -0.131. The number of carbonyl (C=O) groups is 2. The molecular weight excluding hydrogens is 204 g/mol. The number of nitrogens with zero attached hydrogens (tertiary/aromatic N) is 1. The van der Waals surface area contributed by atoms with Crippen molar-refractivity contribution in [2.75, 3.05) is 13.6 Å². The summed E-state index contributed by atoms with van der Waals surface area (Å²) in [5.41, 5.74) is 1.22. The van der Waals surface area contributed by atoms with E-state index in [0.29, 0.717) is 6.42 Å². The number of amides is 2. The van der Waals surface area contributed by atoms with Gasteiger partial charge in [-0.15, -0.1) is 0 Å². The van der Waals surface area contributed by atoms with Gasteiger partial charge in [0.25, 0.3) is 0 Å². The third-order valence-electron chi connectivity index (χ3n) is 3.29. The van der Waals surface area contributed by atoms with Gasteiger partial charge in [-0.1, -0.05) is 11.6 Å². The molecule has 1 aliphatic carbocycles. The first-order valence-corrected chi connectivity index (χ1v) is 5.89. The molecular formula is C12H18N2O2. The van der Waals surface area contributed by atoms with Crippen molar-refractivity contribution < 1.29 is 9.59 Å². The number of allylic oxidation sites excluding steroid dienone is 1. The molecule has 0 aromatic carbocycles. The van der Waals surface area contributed by atoms with Crippen LogP contribution in [0.4, 0.5) is 0 Å². The zero-order valence-corrected chi connectivity index (χ0v) is 9.66. The van der Waals surface area contributed by atoms with Crippen LogP contribution >= 0.6 is 0 Å². The summed E-state index contributed by atoms with van der Waals surface area (Å²) in [5.74, 6) is 0.0237. The van der Waals surface area contributed by atoms with Crippen LogP contribution in [-0.4, -0.2) is 36.3 Å². The van der Waals surface area contributed by atoms with Crippen molar-refractivity contribution in [3.63, 3.8) is 0 Å². The molecule has 88 valence electrons. The SMILES string of the molecule is CN1CCC(NC(=O)CC2=CCCC2)C1=O. The molecule has 1 atom stereocenters. The van der Waals surface area contributed by atoms with Crippen molar-refractivity contribution in [1.82, 2.24) is 10.2 Å². The summed E-state index contributed by atoms with van der Waals surface area (Å²) in [6, 6.07) is -0.292. The van der Waals surface area contributed by atoms with Gasteiger partial charge in [0.2, 0.25) is 11.8 Å². The van der Waals surface area contributed by atoms with Crippen LogP contribution in [0.1, 0.15) is 32.1 Å². The summed E-state index contributed by atoms with van der Waals surface area (Å²) >= 11 is 0. The number of carbonyl (C=O) groups excluding carboxylic acids is 2. The number of hydrogen-bond acceptors (Lipinski definition) is 2. The molecule has 1 heterocycles. The largest absolute Gasteiger partial charge is 0.344 e. The van der Waals surface area contributed by atoms with Crippen LogP contribution in [0.15, 0.2) is 11.6 Å². The van der Waals surface area contributed by atoms with Crippen molar-refractivity contribution in [3.05, 3.63) is 11.6 Å². The Hall–Kier alpha value is -1.32. The molecule has 0 radical (unpaired) electrons. The highest BCUT2D eigenvalue weighted by atomic mass is 16.2. The van der Waals surface area contributed by atoms with Crippen molar-refractivity contribution in [2.45, 2.75) is 38.1 Å². The molecule has 1 fully saturated rings. The molecule has 1 saturated heterocycles. The van der Waals surface area contributed by atoms with Gasteiger partial charge in [-0.2, -0.15) is 0 Å². The Morgan fingerprint density at radius 2 is 2.44 bits per heavy atom. The van der Waals surface area contributed by atoms with E-state index in [1.54, 1.807) is 11.9 Å². The second kappa shape index (κ2) is 4.68. The molecule has 0 bridgehead atoms. The van der Waals surface area contributed by atoms with Gasteiger partial charge in [0.05, 0.1) is 0 Å². The van der Waals surface area contributed by atoms with Crippen molar-refractivity contribution in [1.29, 1.82) is 0 Å². The molecule has 0 spiro atoms. The quantitative estimate of drug-likeness (QED) is 0.719. The smallest absolute Gasteiger partial charge is 0.244 e. The van der Waals surface area contributed by atoms with Gasteiger partial charge < -0.3 is 10.2 Å². The molecule has 0 saturated carbocycles. The van der Waals surface area contributed by atoms with Crippen LogP contribution in [-0.2, 0) is 9.59 Å². The molecule has 0 aromatic heterocycles. The van der Waals surface area contributed by atoms with Crippen LogP contribution < -0.4 is 5.32 Å². The minimum absolute atomic E-state index is 0.0122. The van der Waals surface area contributed by atoms with Gasteiger partial charge in [-0.05, 0) is 25.7 Å². The van der Waals surface area contributed by atoms with E-state index in [4.69, 9.17) is 0 Å². The Balaban J connectivity index is 1.81. The number of likely N-dealkylation sites (N-methyl/N-ethyl adjacent to an activating group) is 1. The maximum atomic E-state index is 11.7. The second-order valence-electron chi connectivity index (χ2n) is 4.60. The second-order valence-corrected chi connectivity index (χ2v) is 4.60. The van der Waals surface area contributed by atoms with Gasteiger partial charge in [0.15, 0.2) is 0 Å². The highest BCUT2D eigenvalue weighted by Crippen LogP contribution is 2.20. The minimum Gasteiger partial charge on any atom is -0.344 e. The number of rotatable bonds is 3. The first kappa shape index (κ1) is 11.2. The molecule has 4 heteroatoms. The van der Waals surface area contributed by atoms with Crippen molar-refractivity contribution in [3.8, 4) is 0 Å². The predicted molar refractivity (Wildman–Crippen MR) is 60.7 cm³/mol. The van der Waals surface area contributed by atoms with Crippen molar-refractivity contribution in [2.24, 2.45) is 0 Å². The average Bonchev–Trinajstić information content (AvgIpc) is 2.83. The topological polar surface area (TPSA) is 49.4 Å². The molecule has 4 nitrogen and oxygen atoms in total. The van der Waals surface area contributed by atoms with E-state index >= 15 is 0 Å². The fourth-order valence-electron chi connectivity index (χ4n) is 2.31. The Morgan fingerprint density at radius 1 is 1.62 bits per heavy atom. The summed E-state index contributed by atoms with van der Waals surface area (Å²) in [6.07, 6.45) is 6.63. The normalized spacial score (nSPS) is 24.8. The van der Waals surface area contributed by atoms with Crippen LogP contribution in [0.2, 0.25) is 0 Å². The lowest BCUT2D eigenvalue weighted by Crippen LogP contribution is -2.40. The summed E-state index contributed by atoms with van der Waals surface area (Å²) in [4.78, 5) is 24.9. The van der Waals surface area contributed by atoms with Crippen molar-refractivity contribution >= 4 is 11.8 Å². The summed E-state index contributed by atoms with van der Waals surface area (Å²) in [7, 11) is 1.77. The fourth-order valence-corrected chi connectivity index (χ4v) is 2.31. The Labute approximate surface area is 95.7 Å². The highest BCUT2D eigenvalue weighted by molar-refractivity contribution is 5.89. The first-order chi connectivity index (χ1) is 7.66. The van der Waals surface area contributed by atoms with E-state index in [1.807, 2.05) is 0 Å². The average molecular weight is 222 g/mol. The summed E-state index contributed by atoms with van der Waals surface area (Å²) in [6.45, 7) is 0.743. The van der Waals surface area contributed by atoms with Crippen LogP contribution in [0.3, 0.4) is 0 Å². The van der Waals surface area contributed by atoms with E-state index in [2.05, 4.69) is 11.4 Å². The number of hydrogen-bond donors (Lipinski definition) is 1. The molecule has 2 amide bonds. The maximum Gasteiger partial charge on any atom is 0.244 e. The summed E-state index contributed by atoms with van der Waals surface area (Å²) < 4.78 is 0. The van der Waals surface area contributed by atoms with E-state index < -0.39 is 0 Å². The molecule has 1 aliphatic heterocycles. The monoisotopic (exact) mass is 222 g/mol. The third-order valence-corrected chi connectivity index (χ3v) is 3.29. The minimum atomic E-state index is -0.292. The molecule has 0 aromatic rings. The van der Waals surface area contributed by atoms with E-state index in [1.165, 1.54) is 5.57 Å². The zero-order valence-electron chi connectivity index (χ0n) is 9.66. The van der Waals surface area contributed by atoms with Gasteiger partial charge in [-0.3, -0.25) is 9.59 Å². The predicted octanol–water partition coefficient (Wildman–Crippen LogP) is 0.834. The Bertz CT molecular complexity index is 336. The number of likely N-dealkylation sites (tertiary alicyclic amines) is 1. The molecule has 1 N–H and O–H groups in total. The molecule has 16 heavy (non-hydrogen) atoms. The van der Waals surface area contributed by atoms with E-state index in [0.717, 1.165) is 32.2 Å². The maximum absolute atomic E-state index is 11.7. The molecule has 2 aliphatic rings. The Morgan fingerprint density at radius 3 is 3.00 bits per heavy atom. The van der Waals surface area contributed by atoms with Gasteiger partial charge in [0.1, 0.15) is 6.04 Å². The lowest BCUT2D eigenvalue weighted by atomic mass is 10.1. The zero-order chi connectivity index (χ0) is 11.5. The summed E-state index contributed by atoms with van der Waals surface area (Å²) in [5, 5.41) is 2.81. The highest BCUT2D eigenvalue weighted by Gasteiger charge is 2.30. The molecule has 2 rings (SSSR count). The Kier molecular flexibility index (Phi) is 3.27. The standard InChI is InChI=1S/C12H18N2O2/c1-14-7-6-10(12(14)16)13-11(15)8-9-4-2-3-5-9/h4,10H,2-3,5-8H2,1H3,(H,13,15). The van der Waals surface area contributed by atoms with Gasteiger partial charge in [-0.25, -0.2) is 0 Å². The van der Waals surface area contributed by atoms with E-state index in [9.17, 15) is 9.59 Å². The first-order valence-electron chi connectivity index (χ1n) is 5.89. The van der Waals surface area contributed by atoms with Crippen LogP contribution in [0, 0.1) is 0 Å². The van der Waals surface area contributed by atoms with Crippen LogP contribution in [0.25, 0.3) is 0 Å².